The van der Waals surface area contributed by atoms with E-state index in [1.807, 2.05) is 6.26 Å². The molecule has 0 radical (unpaired) electrons. The van der Waals surface area contributed by atoms with Crippen LogP contribution < -0.4 is 0 Å². The second-order valence-electron chi connectivity index (χ2n) is 4.96. The summed E-state index contributed by atoms with van der Waals surface area (Å²) in [7, 11) is 5.99. The Kier molecular flexibility index (Phi) is 3.85. The van der Waals surface area contributed by atoms with Crippen LogP contribution in [0.3, 0.4) is 0 Å². The summed E-state index contributed by atoms with van der Waals surface area (Å²) >= 11 is 0. The standard InChI is InChI=1S/C15H21NO/c1-16(2)10-13-9-8-12-6-4-5-7-14(12)15(13)11-17-3/h4-7,11,13H,8-10H2,1-3H3/b15-11+. The average molecular weight is 231 g/mol. The molecule has 1 aromatic carbocycles. The molecule has 0 bridgehead atoms. The summed E-state index contributed by atoms with van der Waals surface area (Å²) in [5, 5.41) is 0. The van der Waals surface area contributed by atoms with Crippen molar-refractivity contribution >= 4 is 5.57 Å². The van der Waals surface area contributed by atoms with Gasteiger partial charge in [0.25, 0.3) is 0 Å². The van der Waals surface area contributed by atoms with E-state index in [1.165, 1.54) is 29.5 Å². The quantitative estimate of drug-likeness (QED) is 0.742. The van der Waals surface area contributed by atoms with Crippen LogP contribution in [0.4, 0.5) is 0 Å². The predicted molar refractivity (Wildman–Crippen MR) is 71.8 cm³/mol. The topological polar surface area (TPSA) is 12.5 Å². The molecule has 1 unspecified atom stereocenters. The van der Waals surface area contributed by atoms with Gasteiger partial charge in [0.1, 0.15) is 0 Å². The SMILES string of the molecule is CO/C=C1/c2ccccc2CCC1CN(C)C. The summed E-state index contributed by atoms with van der Waals surface area (Å²) in [5.74, 6) is 0.583. The molecule has 0 aliphatic heterocycles. The largest absolute Gasteiger partial charge is 0.504 e. The molecule has 2 rings (SSSR count). The van der Waals surface area contributed by atoms with Crippen LogP contribution in [0, 0.1) is 5.92 Å². The predicted octanol–water partition coefficient (Wildman–Crippen LogP) is 2.80. The first kappa shape index (κ1) is 12.2. The molecule has 1 aromatic rings. The van der Waals surface area contributed by atoms with Crippen molar-refractivity contribution in [2.45, 2.75) is 12.8 Å². The lowest BCUT2D eigenvalue weighted by molar-refractivity contribution is 0.322. The first-order valence-electron chi connectivity index (χ1n) is 6.18. The molecule has 1 aliphatic carbocycles. The second kappa shape index (κ2) is 5.37. The van der Waals surface area contributed by atoms with E-state index in [-0.39, 0.29) is 0 Å². The number of hydrogen-bond acceptors (Lipinski definition) is 2. The number of aryl methyl sites for hydroxylation is 1. The smallest absolute Gasteiger partial charge is 0.0865 e. The van der Waals surface area contributed by atoms with Gasteiger partial charge in [-0.05, 0) is 43.6 Å². The summed E-state index contributed by atoms with van der Waals surface area (Å²) in [6.07, 6.45) is 4.31. The van der Waals surface area contributed by atoms with Crippen molar-refractivity contribution < 1.29 is 4.74 Å². The molecule has 0 amide bonds. The maximum Gasteiger partial charge on any atom is 0.0865 e. The fourth-order valence-electron chi connectivity index (χ4n) is 2.64. The van der Waals surface area contributed by atoms with Gasteiger partial charge in [0.15, 0.2) is 0 Å². The summed E-state index contributed by atoms with van der Waals surface area (Å²) in [4.78, 5) is 2.25. The van der Waals surface area contributed by atoms with Gasteiger partial charge in [0.05, 0.1) is 13.4 Å². The molecular formula is C15H21NO. The molecule has 0 saturated carbocycles. The number of nitrogens with zero attached hydrogens (tertiary/aromatic N) is 1. The van der Waals surface area contributed by atoms with E-state index in [0.717, 1.165) is 6.54 Å². The van der Waals surface area contributed by atoms with Crippen molar-refractivity contribution in [3.05, 3.63) is 41.7 Å². The Bertz CT molecular complexity index is 409. The van der Waals surface area contributed by atoms with Gasteiger partial charge in [0, 0.05) is 12.5 Å². The van der Waals surface area contributed by atoms with E-state index in [9.17, 15) is 0 Å². The Morgan fingerprint density at radius 1 is 1.35 bits per heavy atom. The average Bonchev–Trinajstić information content (AvgIpc) is 2.32. The Morgan fingerprint density at radius 2 is 2.12 bits per heavy atom. The lowest BCUT2D eigenvalue weighted by Crippen LogP contribution is -2.26. The monoisotopic (exact) mass is 231 g/mol. The van der Waals surface area contributed by atoms with Gasteiger partial charge in [-0.25, -0.2) is 0 Å². The zero-order valence-corrected chi connectivity index (χ0v) is 10.9. The van der Waals surface area contributed by atoms with Gasteiger partial charge in [-0.15, -0.1) is 0 Å². The number of methoxy groups -OCH3 is 1. The van der Waals surface area contributed by atoms with Crippen LogP contribution >= 0.6 is 0 Å². The van der Waals surface area contributed by atoms with Crippen molar-refractivity contribution in [2.24, 2.45) is 5.92 Å². The summed E-state index contributed by atoms with van der Waals surface area (Å²) < 4.78 is 5.27. The fraction of sp³-hybridized carbons (Fsp3) is 0.467. The molecule has 0 aromatic heterocycles. The van der Waals surface area contributed by atoms with Crippen LogP contribution in [0.1, 0.15) is 17.5 Å². The van der Waals surface area contributed by atoms with E-state index >= 15 is 0 Å². The highest BCUT2D eigenvalue weighted by Gasteiger charge is 2.24. The third-order valence-corrected chi connectivity index (χ3v) is 3.36. The minimum absolute atomic E-state index is 0.583. The Balaban J connectivity index is 2.33. The van der Waals surface area contributed by atoms with Gasteiger partial charge in [-0.2, -0.15) is 0 Å². The molecule has 1 aliphatic rings. The van der Waals surface area contributed by atoms with E-state index < -0.39 is 0 Å². The molecule has 1 atom stereocenters. The highest BCUT2D eigenvalue weighted by atomic mass is 16.5. The molecule has 92 valence electrons. The highest BCUT2D eigenvalue weighted by molar-refractivity contribution is 5.71. The van der Waals surface area contributed by atoms with Crippen LogP contribution in [0.15, 0.2) is 30.5 Å². The van der Waals surface area contributed by atoms with Crippen LogP contribution in [-0.2, 0) is 11.2 Å². The van der Waals surface area contributed by atoms with Gasteiger partial charge in [0.2, 0.25) is 0 Å². The lowest BCUT2D eigenvalue weighted by atomic mass is 9.80. The van der Waals surface area contributed by atoms with Crippen LogP contribution in [0.2, 0.25) is 0 Å². The number of fused-ring (bicyclic) bond motifs is 1. The number of ether oxygens (including phenoxy) is 1. The maximum atomic E-state index is 5.27. The van der Waals surface area contributed by atoms with E-state index in [0.29, 0.717) is 5.92 Å². The van der Waals surface area contributed by atoms with Crippen LogP contribution in [-0.4, -0.2) is 32.6 Å². The van der Waals surface area contributed by atoms with Crippen molar-refractivity contribution in [3.63, 3.8) is 0 Å². The Hall–Kier alpha value is -1.28. The zero-order chi connectivity index (χ0) is 12.3. The van der Waals surface area contributed by atoms with E-state index in [1.54, 1.807) is 7.11 Å². The highest BCUT2D eigenvalue weighted by Crippen LogP contribution is 2.35. The molecular weight excluding hydrogens is 210 g/mol. The lowest BCUT2D eigenvalue weighted by Gasteiger charge is -2.29. The first-order valence-corrected chi connectivity index (χ1v) is 6.18. The third kappa shape index (κ3) is 2.70. The zero-order valence-electron chi connectivity index (χ0n) is 10.9. The summed E-state index contributed by atoms with van der Waals surface area (Å²) in [6, 6.07) is 8.67. The van der Waals surface area contributed by atoms with Gasteiger partial charge < -0.3 is 9.64 Å². The van der Waals surface area contributed by atoms with Crippen molar-refractivity contribution in [1.29, 1.82) is 0 Å². The first-order chi connectivity index (χ1) is 8.22. The Morgan fingerprint density at radius 3 is 2.82 bits per heavy atom. The molecule has 0 spiro atoms. The number of benzene rings is 1. The van der Waals surface area contributed by atoms with E-state index in [2.05, 4.69) is 43.3 Å². The molecule has 0 saturated heterocycles. The molecule has 2 heteroatoms. The van der Waals surface area contributed by atoms with Gasteiger partial charge in [-0.3, -0.25) is 0 Å². The van der Waals surface area contributed by atoms with Crippen LogP contribution in [0.5, 0.6) is 0 Å². The fourth-order valence-corrected chi connectivity index (χ4v) is 2.64. The van der Waals surface area contributed by atoms with Crippen molar-refractivity contribution in [2.75, 3.05) is 27.7 Å². The minimum atomic E-state index is 0.583. The van der Waals surface area contributed by atoms with Gasteiger partial charge >= 0.3 is 0 Å². The summed E-state index contributed by atoms with van der Waals surface area (Å²) in [6.45, 7) is 1.09. The molecule has 0 heterocycles. The Labute approximate surface area is 104 Å². The second-order valence-corrected chi connectivity index (χ2v) is 4.96. The molecule has 2 nitrogen and oxygen atoms in total. The van der Waals surface area contributed by atoms with E-state index in [4.69, 9.17) is 4.74 Å². The normalized spacial score (nSPS) is 21.6. The van der Waals surface area contributed by atoms with Crippen molar-refractivity contribution in [1.82, 2.24) is 4.90 Å². The molecule has 0 N–H and O–H groups in total. The molecule has 0 fully saturated rings. The van der Waals surface area contributed by atoms with Crippen molar-refractivity contribution in [3.8, 4) is 0 Å². The molecule has 17 heavy (non-hydrogen) atoms. The third-order valence-electron chi connectivity index (χ3n) is 3.36. The number of hydrogen-bond donors (Lipinski definition) is 0. The minimum Gasteiger partial charge on any atom is -0.504 e. The van der Waals surface area contributed by atoms with Gasteiger partial charge in [-0.1, -0.05) is 24.3 Å². The van der Waals surface area contributed by atoms with Crippen LogP contribution in [0.25, 0.3) is 5.57 Å². The number of rotatable bonds is 3. The maximum absolute atomic E-state index is 5.27. The summed E-state index contributed by atoms with van der Waals surface area (Å²) in [5.41, 5.74) is 4.17.